The number of rotatable bonds is 2. The van der Waals surface area contributed by atoms with Gasteiger partial charge in [0.1, 0.15) is 0 Å². The number of hydrogen-bond donors (Lipinski definition) is 0. The Balaban J connectivity index is 1.98. The van der Waals surface area contributed by atoms with Crippen LogP contribution in [0.4, 0.5) is 10.1 Å². The SMILES string of the molecule is COC1CCN(c2ccc(F)nc2)CC1. The smallest absolute Gasteiger partial charge is 0.212 e. The fourth-order valence-electron chi connectivity index (χ4n) is 1.90. The summed E-state index contributed by atoms with van der Waals surface area (Å²) in [7, 11) is 1.75. The first kappa shape index (κ1) is 10.4. The highest BCUT2D eigenvalue weighted by Gasteiger charge is 2.18. The van der Waals surface area contributed by atoms with E-state index in [0.29, 0.717) is 6.10 Å². The summed E-state index contributed by atoms with van der Waals surface area (Å²) in [5, 5.41) is 0. The van der Waals surface area contributed by atoms with E-state index in [1.807, 2.05) is 0 Å². The van der Waals surface area contributed by atoms with Crippen molar-refractivity contribution in [3.8, 4) is 0 Å². The van der Waals surface area contributed by atoms with E-state index in [1.165, 1.54) is 6.07 Å². The molecule has 0 atom stereocenters. The Morgan fingerprint density at radius 2 is 2.13 bits per heavy atom. The molecule has 1 aromatic heterocycles. The molecule has 0 aliphatic carbocycles. The second kappa shape index (κ2) is 4.57. The molecule has 1 saturated heterocycles. The summed E-state index contributed by atoms with van der Waals surface area (Å²) in [5.41, 5.74) is 0.992. The molecule has 2 rings (SSSR count). The summed E-state index contributed by atoms with van der Waals surface area (Å²) >= 11 is 0. The summed E-state index contributed by atoms with van der Waals surface area (Å²) < 4.78 is 17.9. The number of anilines is 1. The Bertz CT molecular complexity index is 307. The van der Waals surface area contributed by atoms with Crippen molar-refractivity contribution in [2.75, 3.05) is 25.1 Å². The summed E-state index contributed by atoms with van der Waals surface area (Å²) in [4.78, 5) is 5.86. The summed E-state index contributed by atoms with van der Waals surface area (Å²) in [6.45, 7) is 1.90. The van der Waals surface area contributed by atoms with Crippen LogP contribution < -0.4 is 4.90 Å². The summed E-state index contributed by atoms with van der Waals surface area (Å²) in [6, 6.07) is 3.17. The van der Waals surface area contributed by atoms with Crippen LogP contribution in [0.1, 0.15) is 12.8 Å². The monoisotopic (exact) mass is 210 g/mol. The average Bonchev–Trinajstić information content (AvgIpc) is 2.30. The molecule has 1 aliphatic rings. The van der Waals surface area contributed by atoms with Crippen LogP contribution in [0.3, 0.4) is 0 Å². The van der Waals surface area contributed by atoms with Gasteiger partial charge in [0.25, 0.3) is 0 Å². The van der Waals surface area contributed by atoms with Crippen LogP contribution in [0, 0.1) is 5.95 Å². The maximum absolute atomic E-state index is 12.6. The Hall–Kier alpha value is -1.16. The van der Waals surface area contributed by atoms with Crippen LogP contribution in [-0.2, 0) is 4.74 Å². The largest absolute Gasteiger partial charge is 0.381 e. The summed E-state index contributed by atoms with van der Waals surface area (Å²) in [6.07, 6.45) is 4.00. The maximum atomic E-state index is 12.6. The van der Waals surface area contributed by atoms with Crippen molar-refractivity contribution in [1.29, 1.82) is 0 Å². The number of hydrogen-bond acceptors (Lipinski definition) is 3. The predicted molar refractivity (Wildman–Crippen MR) is 56.4 cm³/mol. The molecule has 0 spiro atoms. The third-order valence-corrected chi connectivity index (χ3v) is 2.85. The van der Waals surface area contributed by atoms with Crippen molar-refractivity contribution in [2.45, 2.75) is 18.9 Å². The van der Waals surface area contributed by atoms with E-state index >= 15 is 0 Å². The van der Waals surface area contributed by atoms with E-state index < -0.39 is 5.95 Å². The molecule has 15 heavy (non-hydrogen) atoms. The van der Waals surface area contributed by atoms with E-state index in [0.717, 1.165) is 31.6 Å². The minimum Gasteiger partial charge on any atom is -0.381 e. The van der Waals surface area contributed by atoms with E-state index in [4.69, 9.17) is 4.74 Å². The van der Waals surface area contributed by atoms with Gasteiger partial charge in [-0.25, -0.2) is 4.98 Å². The lowest BCUT2D eigenvalue weighted by molar-refractivity contribution is 0.0819. The molecule has 0 amide bonds. The molecule has 0 N–H and O–H groups in total. The molecule has 0 radical (unpaired) electrons. The summed E-state index contributed by atoms with van der Waals surface area (Å²) in [5.74, 6) is -0.425. The first-order valence-corrected chi connectivity index (χ1v) is 5.19. The van der Waals surface area contributed by atoms with Crippen LogP contribution >= 0.6 is 0 Å². The van der Waals surface area contributed by atoms with Crippen molar-refractivity contribution in [1.82, 2.24) is 4.98 Å². The number of ether oxygens (including phenoxy) is 1. The molecule has 0 saturated carbocycles. The Morgan fingerprint density at radius 3 is 2.67 bits per heavy atom. The quantitative estimate of drug-likeness (QED) is 0.696. The lowest BCUT2D eigenvalue weighted by atomic mass is 10.1. The van der Waals surface area contributed by atoms with Crippen LogP contribution in [0.15, 0.2) is 18.3 Å². The molecule has 1 aromatic rings. The number of pyridine rings is 1. The van der Waals surface area contributed by atoms with Gasteiger partial charge in [0.05, 0.1) is 18.0 Å². The maximum Gasteiger partial charge on any atom is 0.212 e. The van der Waals surface area contributed by atoms with E-state index in [9.17, 15) is 4.39 Å². The number of piperidine rings is 1. The van der Waals surface area contributed by atoms with Crippen molar-refractivity contribution in [3.63, 3.8) is 0 Å². The molecule has 1 fully saturated rings. The number of nitrogens with zero attached hydrogens (tertiary/aromatic N) is 2. The fraction of sp³-hybridized carbons (Fsp3) is 0.545. The Labute approximate surface area is 88.9 Å². The second-order valence-electron chi connectivity index (χ2n) is 3.76. The molecule has 0 aromatic carbocycles. The molecule has 0 unspecified atom stereocenters. The lowest BCUT2D eigenvalue weighted by Crippen LogP contribution is -2.36. The Morgan fingerprint density at radius 1 is 1.40 bits per heavy atom. The van der Waals surface area contributed by atoms with Gasteiger partial charge in [-0.15, -0.1) is 0 Å². The molecule has 82 valence electrons. The van der Waals surface area contributed by atoms with Crippen molar-refractivity contribution in [2.24, 2.45) is 0 Å². The van der Waals surface area contributed by atoms with E-state index in [1.54, 1.807) is 19.4 Å². The van der Waals surface area contributed by atoms with Gasteiger partial charge in [0.15, 0.2) is 0 Å². The number of methoxy groups -OCH3 is 1. The Kier molecular flexibility index (Phi) is 3.16. The van der Waals surface area contributed by atoms with Crippen LogP contribution in [-0.4, -0.2) is 31.3 Å². The minimum atomic E-state index is -0.425. The normalized spacial score (nSPS) is 18.1. The third-order valence-electron chi connectivity index (χ3n) is 2.85. The second-order valence-corrected chi connectivity index (χ2v) is 3.76. The first-order chi connectivity index (χ1) is 7.29. The average molecular weight is 210 g/mol. The molecule has 2 heterocycles. The molecule has 0 bridgehead atoms. The zero-order chi connectivity index (χ0) is 10.7. The van der Waals surface area contributed by atoms with Gasteiger partial charge in [0, 0.05) is 20.2 Å². The van der Waals surface area contributed by atoms with Crippen LogP contribution in [0.5, 0.6) is 0 Å². The first-order valence-electron chi connectivity index (χ1n) is 5.19. The highest BCUT2D eigenvalue weighted by molar-refractivity contribution is 5.44. The van der Waals surface area contributed by atoms with Gasteiger partial charge in [-0.1, -0.05) is 0 Å². The van der Waals surface area contributed by atoms with Crippen molar-refractivity contribution in [3.05, 3.63) is 24.3 Å². The number of aromatic nitrogens is 1. The molecular formula is C11H15FN2O. The van der Waals surface area contributed by atoms with Gasteiger partial charge in [-0.05, 0) is 25.0 Å². The van der Waals surface area contributed by atoms with E-state index in [-0.39, 0.29) is 0 Å². The zero-order valence-corrected chi connectivity index (χ0v) is 8.82. The van der Waals surface area contributed by atoms with Crippen molar-refractivity contribution >= 4 is 5.69 Å². The van der Waals surface area contributed by atoms with Crippen molar-refractivity contribution < 1.29 is 9.13 Å². The van der Waals surface area contributed by atoms with Crippen LogP contribution in [0.25, 0.3) is 0 Å². The van der Waals surface area contributed by atoms with Gasteiger partial charge in [-0.3, -0.25) is 0 Å². The van der Waals surface area contributed by atoms with E-state index in [2.05, 4.69) is 9.88 Å². The topological polar surface area (TPSA) is 25.4 Å². The standard InChI is InChI=1S/C11H15FN2O/c1-15-10-4-6-14(7-5-10)9-2-3-11(12)13-8-9/h2-3,8,10H,4-7H2,1H3. The van der Waals surface area contributed by atoms with Crippen LogP contribution in [0.2, 0.25) is 0 Å². The fourth-order valence-corrected chi connectivity index (χ4v) is 1.90. The zero-order valence-electron chi connectivity index (χ0n) is 8.82. The molecule has 4 heteroatoms. The highest BCUT2D eigenvalue weighted by Crippen LogP contribution is 2.20. The van der Waals surface area contributed by atoms with Gasteiger partial charge in [0.2, 0.25) is 5.95 Å². The number of halogens is 1. The van der Waals surface area contributed by atoms with Gasteiger partial charge < -0.3 is 9.64 Å². The van der Waals surface area contributed by atoms with Gasteiger partial charge in [-0.2, -0.15) is 4.39 Å². The van der Waals surface area contributed by atoms with Gasteiger partial charge >= 0.3 is 0 Å². The molecular weight excluding hydrogens is 195 g/mol. The third kappa shape index (κ3) is 2.45. The lowest BCUT2D eigenvalue weighted by Gasteiger charge is -2.32. The highest BCUT2D eigenvalue weighted by atomic mass is 19.1. The molecule has 3 nitrogen and oxygen atoms in total. The molecule has 1 aliphatic heterocycles. The minimum absolute atomic E-state index is 0.370. The predicted octanol–water partition coefficient (Wildman–Crippen LogP) is 1.84.